The van der Waals surface area contributed by atoms with Crippen LogP contribution in [0.4, 0.5) is 0 Å². The molecule has 29 heavy (non-hydrogen) atoms. The van der Waals surface area contributed by atoms with Crippen LogP contribution in [0, 0.1) is 0 Å². The van der Waals surface area contributed by atoms with E-state index in [2.05, 4.69) is 42.6 Å². The molecule has 6 heteroatoms. The zero-order chi connectivity index (χ0) is 21.1. The zero-order valence-electron chi connectivity index (χ0n) is 17.0. The van der Waals surface area contributed by atoms with Crippen LogP contribution >= 0.6 is 11.8 Å². The zero-order valence-corrected chi connectivity index (χ0v) is 17.8. The highest BCUT2D eigenvalue weighted by molar-refractivity contribution is 7.99. The Morgan fingerprint density at radius 2 is 1.90 bits per heavy atom. The molecule has 0 saturated carbocycles. The monoisotopic (exact) mass is 415 g/mol. The number of aliphatic carboxylic acids is 1. The Bertz CT molecular complexity index is 850. The van der Waals surface area contributed by atoms with E-state index in [-0.39, 0.29) is 5.91 Å². The van der Waals surface area contributed by atoms with Crippen molar-refractivity contribution in [3.05, 3.63) is 54.1 Å². The maximum Gasteiger partial charge on any atom is 0.327 e. The summed E-state index contributed by atoms with van der Waals surface area (Å²) in [7, 11) is 0. The van der Waals surface area contributed by atoms with Gasteiger partial charge in [-0.2, -0.15) is 11.8 Å². The molecule has 0 aliphatic rings. The van der Waals surface area contributed by atoms with E-state index in [1.807, 2.05) is 18.2 Å². The average molecular weight is 416 g/mol. The molecule has 2 aromatic rings. The molecule has 1 atom stereocenters. The highest BCUT2D eigenvalue weighted by Gasteiger charge is 2.17. The van der Waals surface area contributed by atoms with Gasteiger partial charge in [-0.1, -0.05) is 42.0 Å². The number of allylic oxidation sites excluding steroid dienone is 1. The van der Waals surface area contributed by atoms with Crippen LogP contribution in [0.25, 0.3) is 10.8 Å². The standard InChI is InChI=1S/C23H29NO4S/c1-17(12-14-29-16-22(23(26)27)24-18(2)25)7-5-6-13-28-21-11-10-19-8-3-4-9-20(19)15-21/h3-4,8-12,15,22H,5-7,13-14,16H2,1-2H3,(H,24,25)(H,26,27)/b17-12+/t22-/m0/s1. The van der Waals surface area contributed by atoms with E-state index in [4.69, 9.17) is 9.84 Å². The van der Waals surface area contributed by atoms with Crippen LogP contribution in [0.2, 0.25) is 0 Å². The Hall–Kier alpha value is -2.47. The molecule has 0 spiro atoms. The van der Waals surface area contributed by atoms with Crippen molar-refractivity contribution in [2.75, 3.05) is 18.1 Å². The summed E-state index contributed by atoms with van der Waals surface area (Å²) in [5.74, 6) is 0.677. The number of carboxylic acids is 1. The summed E-state index contributed by atoms with van der Waals surface area (Å²) in [5.41, 5.74) is 1.29. The van der Waals surface area contributed by atoms with Crippen LogP contribution in [0.15, 0.2) is 54.1 Å². The van der Waals surface area contributed by atoms with Crippen molar-refractivity contribution in [2.45, 2.75) is 39.2 Å². The molecule has 2 N–H and O–H groups in total. The number of carbonyl (C=O) groups excluding carboxylic acids is 1. The number of hydrogen-bond acceptors (Lipinski definition) is 4. The predicted octanol–water partition coefficient (Wildman–Crippen LogP) is 4.66. The summed E-state index contributed by atoms with van der Waals surface area (Å²) in [6, 6.07) is 13.6. The summed E-state index contributed by atoms with van der Waals surface area (Å²) in [6.07, 6.45) is 5.15. The number of carbonyl (C=O) groups is 2. The van der Waals surface area contributed by atoms with Gasteiger partial charge in [-0.15, -0.1) is 0 Å². The lowest BCUT2D eigenvalue weighted by Gasteiger charge is -2.12. The fourth-order valence-corrected chi connectivity index (χ4v) is 3.86. The Morgan fingerprint density at radius 3 is 2.62 bits per heavy atom. The minimum atomic E-state index is -1.00. The highest BCUT2D eigenvalue weighted by atomic mass is 32.2. The number of hydrogen-bond donors (Lipinski definition) is 2. The third-order valence-corrected chi connectivity index (χ3v) is 5.44. The largest absolute Gasteiger partial charge is 0.494 e. The topological polar surface area (TPSA) is 75.6 Å². The fraction of sp³-hybridized carbons (Fsp3) is 0.391. The van der Waals surface area contributed by atoms with Gasteiger partial charge in [0.25, 0.3) is 0 Å². The van der Waals surface area contributed by atoms with E-state index < -0.39 is 12.0 Å². The van der Waals surface area contributed by atoms with Crippen molar-refractivity contribution < 1.29 is 19.4 Å². The highest BCUT2D eigenvalue weighted by Crippen LogP contribution is 2.21. The molecule has 0 fully saturated rings. The number of amides is 1. The molecule has 0 aromatic heterocycles. The predicted molar refractivity (Wildman–Crippen MR) is 120 cm³/mol. The van der Waals surface area contributed by atoms with Crippen LogP contribution in [-0.4, -0.2) is 41.1 Å². The van der Waals surface area contributed by atoms with Gasteiger partial charge in [0.1, 0.15) is 11.8 Å². The van der Waals surface area contributed by atoms with Crippen molar-refractivity contribution in [1.29, 1.82) is 0 Å². The molecule has 0 aliphatic carbocycles. The third kappa shape index (κ3) is 8.60. The maximum absolute atomic E-state index is 11.1. The smallest absolute Gasteiger partial charge is 0.327 e. The fourth-order valence-electron chi connectivity index (χ4n) is 2.86. The van der Waals surface area contributed by atoms with E-state index in [9.17, 15) is 9.59 Å². The van der Waals surface area contributed by atoms with Crippen molar-refractivity contribution in [3.8, 4) is 5.75 Å². The molecule has 2 aromatic carbocycles. The third-order valence-electron chi connectivity index (χ3n) is 4.46. The summed E-state index contributed by atoms with van der Waals surface area (Å²) in [5, 5.41) is 13.9. The molecule has 5 nitrogen and oxygen atoms in total. The molecular weight excluding hydrogens is 386 g/mol. The van der Waals surface area contributed by atoms with E-state index in [0.29, 0.717) is 12.4 Å². The van der Waals surface area contributed by atoms with E-state index in [1.54, 1.807) is 0 Å². The number of fused-ring (bicyclic) bond motifs is 1. The maximum atomic E-state index is 11.1. The van der Waals surface area contributed by atoms with Gasteiger partial charge in [0, 0.05) is 18.4 Å². The first-order valence-electron chi connectivity index (χ1n) is 9.80. The van der Waals surface area contributed by atoms with Crippen molar-refractivity contribution in [3.63, 3.8) is 0 Å². The summed E-state index contributed by atoms with van der Waals surface area (Å²) >= 11 is 1.51. The minimum Gasteiger partial charge on any atom is -0.494 e. The van der Waals surface area contributed by atoms with E-state index in [0.717, 1.165) is 30.8 Å². The van der Waals surface area contributed by atoms with Crippen LogP contribution in [0.3, 0.4) is 0 Å². The first-order chi connectivity index (χ1) is 14.0. The number of carboxylic acid groups (broad SMARTS) is 1. The number of benzene rings is 2. The number of thioether (sulfide) groups is 1. The second kappa shape index (κ2) is 12.2. The Kier molecular flexibility index (Phi) is 9.57. The van der Waals surface area contributed by atoms with E-state index >= 15 is 0 Å². The van der Waals surface area contributed by atoms with Gasteiger partial charge in [0.15, 0.2) is 0 Å². The molecule has 0 saturated heterocycles. The number of rotatable bonds is 12. The Morgan fingerprint density at radius 1 is 1.14 bits per heavy atom. The van der Waals surface area contributed by atoms with Crippen LogP contribution in [0.5, 0.6) is 5.75 Å². The number of nitrogens with one attached hydrogen (secondary N) is 1. The second-order valence-corrected chi connectivity index (χ2v) is 8.07. The summed E-state index contributed by atoms with van der Waals surface area (Å²) < 4.78 is 5.86. The first-order valence-corrected chi connectivity index (χ1v) is 11.0. The quantitative estimate of drug-likeness (QED) is 0.390. The first kappa shape index (κ1) is 22.8. The van der Waals surface area contributed by atoms with Gasteiger partial charge in [-0.25, -0.2) is 4.79 Å². The van der Waals surface area contributed by atoms with Crippen molar-refractivity contribution in [2.24, 2.45) is 0 Å². The molecule has 0 heterocycles. The lowest BCUT2D eigenvalue weighted by molar-refractivity contribution is -0.140. The normalized spacial score (nSPS) is 12.6. The molecule has 0 aliphatic heterocycles. The van der Waals surface area contributed by atoms with Gasteiger partial charge in [0.05, 0.1) is 6.61 Å². The lowest BCUT2D eigenvalue weighted by Crippen LogP contribution is -2.41. The molecule has 1 amide bonds. The molecule has 0 radical (unpaired) electrons. The number of unbranched alkanes of at least 4 members (excludes halogenated alkanes) is 1. The van der Waals surface area contributed by atoms with Gasteiger partial charge in [-0.3, -0.25) is 4.79 Å². The Balaban J connectivity index is 1.61. The van der Waals surface area contributed by atoms with Crippen LogP contribution in [0.1, 0.15) is 33.1 Å². The molecule has 0 bridgehead atoms. The van der Waals surface area contributed by atoms with Gasteiger partial charge in [-0.05, 0) is 49.1 Å². The summed E-state index contributed by atoms with van der Waals surface area (Å²) in [4.78, 5) is 22.1. The van der Waals surface area contributed by atoms with Gasteiger partial charge in [0.2, 0.25) is 5.91 Å². The second-order valence-electron chi connectivity index (χ2n) is 6.99. The van der Waals surface area contributed by atoms with Gasteiger partial charge >= 0.3 is 5.97 Å². The molecule has 156 valence electrons. The lowest BCUT2D eigenvalue weighted by atomic mass is 10.1. The van der Waals surface area contributed by atoms with Crippen molar-refractivity contribution in [1.82, 2.24) is 5.32 Å². The molecular formula is C23H29NO4S. The minimum absolute atomic E-state index is 0.323. The number of ether oxygens (including phenoxy) is 1. The van der Waals surface area contributed by atoms with Gasteiger partial charge < -0.3 is 15.2 Å². The molecule has 2 rings (SSSR count). The van der Waals surface area contributed by atoms with Crippen molar-refractivity contribution >= 4 is 34.4 Å². The Labute approximate surface area is 176 Å². The summed E-state index contributed by atoms with van der Waals surface area (Å²) in [6.45, 7) is 4.11. The van der Waals surface area contributed by atoms with Crippen LogP contribution < -0.4 is 10.1 Å². The average Bonchev–Trinajstić information content (AvgIpc) is 2.69. The molecule has 0 unspecified atom stereocenters. The van der Waals surface area contributed by atoms with Crippen LogP contribution in [-0.2, 0) is 9.59 Å². The SMILES string of the molecule is CC(=O)N[C@@H](CSC/C=C(\C)CCCCOc1ccc2ccccc2c1)C(=O)O. The van der Waals surface area contributed by atoms with E-state index in [1.165, 1.54) is 35.0 Å².